The predicted octanol–water partition coefficient (Wildman–Crippen LogP) is 3.32. The van der Waals surface area contributed by atoms with Crippen molar-refractivity contribution >= 4 is 51.7 Å². The van der Waals surface area contributed by atoms with Crippen LogP contribution in [-0.4, -0.2) is 28.2 Å². The van der Waals surface area contributed by atoms with Crippen molar-refractivity contribution in [2.45, 2.75) is 6.61 Å². The van der Waals surface area contributed by atoms with Crippen LogP contribution in [-0.2, 0) is 11.3 Å². The minimum absolute atomic E-state index is 0.133. The van der Waals surface area contributed by atoms with Gasteiger partial charge in [-0.3, -0.25) is 0 Å². The van der Waals surface area contributed by atoms with E-state index in [2.05, 4.69) is 37.9 Å². The van der Waals surface area contributed by atoms with E-state index in [0.29, 0.717) is 17.1 Å². The monoisotopic (exact) mass is 419 g/mol. The summed E-state index contributed by atoms with van der Waals surface area (Å²) in [6.45, 7) is 0.277. The number of methoxy groups -OCH3 is 1. The Morgan fingerprint density at radius 3 is 2.95 bits per heavy atom. The second kappa shape index (κ2) is 7.01. The van der Waals surface area contributed by atoms with E-state index in [9.17, 15) is 4.79 Å². The number of halogens is 2. The van der Waals surface area contributed by atoms with E-state index >= 15 is 0 Å². The maximum absolute atomic E-state index is 11.0. The van der Waals surface area contributed by atoms with Gasteiger partial charge in [0.2, 0.25) is 5.28 Å². The lowest BCUT2D eigenvalue weighted by Gasteiger charge is -2.13. The van der Waals surface area contributed by atoms with Crippen LogP contribution in [0.25, 0.3) is 0 Å². The fraction of sp³-hybridized carbons (Fsp3) is 0.154. The first-order valence-corrected chi connectivity index (χ1v) is 7.27. The van der Waals surface area contributed by atoms with Crippen LogP contribution in [0.1, 0.15) is 15.9 Å². The number of ether oxygens (including phenoxy) is 1. The first-order chi connectivity index (χ1) is 10.0. The minimum atomic E-state index is -0.987. The van der Waals surface area contributed by atoms with Crippen LogP contribution in [0.4, 0.5) is 11.5 Å². The SMILES string of the molecule is COCc1cc(C(=O)O)ccc1Nc1nc(Cl)ncc1I. The Bertz CT molecular complexity index is 682. The van der Waals surface area contributed by atoms with Gasteiger partial charge < -0.3 is 15.2 Å². The van der Waals surface area contributed by atoms with Gasteiger partial charge in [0.25, 0.3) is 0 Å². The molecule has 0 atom stereocenters. The number of nitrogens with zero attached hydrogens (tertiary/aromatic N) is 2. The Morgan fingerprint density at radius 2 is 2.29 bits per heavy atom. The van der Waals surface area contributed by atoms with Crippen molar-refractivity contribution in [3.63, 3.8) is 0 Å². The van der Waals surface area contributed by atoms with Crippen LogP contribution in [0.2, 0.25) is 5.28 Å². The van der Waals surface area contributed by atoms with Crippen molar-refractivity contribution in [3.8, 4) is 0 Å². The van der Waals surface area contributed by atoms with Crippen molar-refractivity contribution in [3.05, 3.63) is 44.4 Å². The molecule has 8 heteroatoms. The van der Waals surface area contributed by atoms with E-state index in [4.69, 9.17) is 21.4 Å². The number of aromatic nitrogens is 2. The summed E-state index contributed by atoms with van der Waals surface area (Å²) in [6, 6.07) is 4.74. The summed E-state index contributed by atoms with van der Waals surface area (Å²) in [6.07, 6.45) is 1.60. The highest BCUT2D eigenvalue weighted by molar-refractivity contribution is 14.1. The molecule has 0 amide bonds. The van der Waals surface area contributed by atoms with Gasteiger partial charge in [-0.15, -0.1) is 0 Å². The smallest absolute Gasteiger partial charge is 0.335 e. The molecule has 0 bridgehead atoms. The fourth-order valence-corrected chi connectivity index (χ4v) is 2.21. The lowest BCUT2D eigenvalue weighted by molar-refractivity contribution is 0.0696. The van der Waals surface area contributed by atoms with Crippen molar-refractivity contribution in [1.82, 2.24) is 9.97 Å². The number of carboxylic acids is 1. The van der Waals surface area contributed by atoms with Crippen LogP contribution in [0, 0.1) is 3.57 Å². The molecule has 0 saturated carbocycles. The number of nitrogens with one attached hydrogen (secondary N) is 1. The average Bonchev–Trinajstić information content (AvgIpc) is 2.44. The third-order valence-electron chi connectivity index (χ3n) is 2.62. The van der Waals surface area contributed by atoms with Crippen molar-refractivity contribution < 1.29 is 14.6 Å². The highest BCUT2D eigenvalue weighted by Crippen LogP contribution is 2.25. The molecule has 1 aromatic carbocycles. The second-order valence-electron chi connectivity index (χ2n) is 4.07. The van der Waals surface area contributed by atoms with Gasteiger partial charge in [0.15, 0.2) is 0 Å². The zero-order valence-corrected chi connectivity index (χ0v) is 13.8. The molecule has 0 fully saturated rings. The fourth-order valence-electron chi connectivity index (χ4n) is 1.68. The van der Waals surface area contributed by atoms with Crippen LogP contribution in [0.5, 0.6) is 0 Å². The molecule has 0 spiro atoms. The molecule has 0 saturated heterocycles. The summed E-state index contributed by atoms with van der Waals surface area (Å²) >= 11 is 7.87. The van der Waals surface area contributed by atoms with Crippen LogP contribution < -0.4 is 5.32 Å². The first-order valence-electron chi connectivity index (χ1n) is 5.81. The molecule has 0 unspecified atom stereocenters. The third kappa shape index (κ3) is 4.02. The zero-order valence-electron chi connectivity index (χ0n) is 10.9. The van der Waals surface area contributed by atoms with Gasteiger partial charge in [-0.1, -0.05) is 0 Å². The van der Waals surface area contributed by atoms with Gasteiger partial charge in [0.1, 0.15) is 5.82 Å². The predicted molar refractivity (Wildman–Crippen MR) is 87.2 cm³/mol. The Morgan fingerprint density at radius 1 is 1.52 bits per heavy atom. The number of anilines is 2. The molecule has 2 aromatic rings. The standard InChI is InChI=1S/C13H11ClIN3O3/c1-21-6-8-4-7(12(19)20)2-3-10(8)17-11-9(15)5-16-13(14)18-11/h2-5H,6H2,1H3,(H,19,20)(H,16,17,18). The Kier molecular flexibility index (Phi) is 5.32. The molecular weight excluding hydrogens is 409 g/mol. The number of carboxylic acid groups (broad SMARTS) is 1. The topological polar surface area (TPSA) is 84.3 Å². The van der Waals surface area contributed by atoms with Gasteiger partial charge in [-0.25, -0.2) is 9.78 Å². The van der Waals surface area contributed by atoms with Gasteiger partial charge >= 0.3 is 5.97 Å². The van der Waals surface area contributed by atoms with E-state index in [1.807, 2.05) is 0 Å². The number of rotatable bonds is 5. The van der Waals surface area contributed by atoms with Gasteiger partial charge in [0.05, 0.1) is 15.7 Å². The summed E-state index contributed by atoms with van der Waals surface area (Å²) in [5.74, 6) is -0.436. The average molecular weight is 420 g/mol. The molecule has 110 valence electrons. The summed E-state index contributed by atoms with van der Waals surface area (Å²) < 4.78 is 5.90. The Labute approximate surface area is 139 Å². The molecular formula is C13H11ClIN3O3. The molecule has 6 nitrogen and oxygen atoms in total. The molecule has 1 aromatic heterocycles. The quantitative estimate of drug-likeness (QED) is 0.571. The lowest BCUT2D eigenvalue weighted by Crippen LogP contribution is -2.04. The maximum atomic E-state index is 11.0. The third-order valence-corrected chi connectivity index (χ3v) is 3.59. The van der Waals surface area contributed by atoms with E-state index in [-0.39, 0.29) is 17.5 Å². The van der Waals surface area contributed by atoms with E-state index in [1.165, 1.54) is 6.07 Å². The van der Waals surface area contributed by atoms with E-state index < -0.39 is 5.97 Å². The Hall–Kier alpha value is -1.45. The molecule has 2 rings (SSSR count). The maximum Gasteiger partial charge on any atom is 0.335 e. The zero-order chi connectivity index (χ0) is 15.4. The van der Waals surface area contributed by atoms with Crippen molar-refractivity contribution in [1.29, 1.82) is 0 Å². The Balaban J connectivity index is 2.38. The summed E-state index contributed by atoms with van der Waals surface area (Å²) in [7, 11) is 1.54. The number of hydrogen-bond acceptors (Lipinski definition) is 5. The molecule has 2 N–H and O–H groups in total. The van der Waals surface area contributed by atoms with Crippen LogP contribution in [0.3, 0.4) is 0 Å². The minimum Gasteiger partial charge on any atom is -0.478 e. The first kappa shape index (κ1) is 15.9. The van der Waals surface area contributed by atoms with Crippen LogP contribution in [0.15, 0.2) is 24.4 Å². The van der Waals surface area contributed by atoms with Gasteiger partial charge in [-0.2, -0.15) is 4.98 Å². The highest BCUT2D eigenvalue weighted by Gasteiger charge is 2.11. The number of hydrogen-bond donors (Lipinski definition) is 2. The molecule has 21 heavy (non-hydrogen) atoms. The molecule has 0 aliphatic rings. The number of benzene rings is 1. The summed E-state index contributed by atoms with van der Waals surface area (Å²) in [4.78, 5) is 19.0. The van der Waals surface area contributed by atoms with Crippen molar-refractivity contribution in [2.24, 2.45) is 0 Å². The molecule has 0 aliphatic carbocycles. The molecule has 0 aliphatic heterocycles. The van der Waals surface area contributed by atoms with E-state index in [0.717, 1.165) is 3.57 Å². The molecule has 0 radical (unpaired) electrons. The van der Waals surface area contributed by atoms with E-state index in [1.54, 1.807) is 25.4 Å². The summed E-state index contributed by atoms with van der Waals surface area (Å²) in [5, 5.41) is 12.3. The lowest BCUT2D eigenvalue weighted by atomic mass is 10.1. The second-order valence-corrected chi connectivity index (χ2v) is 5.57. The highest BCUT2D eigenvalue weighted by atomic mass is 127. The van der Waals surface area contributed by atoms with Crippen molar-refractivity contribution in [2.75, 3.05) is 12.4 Å². The largest absolute Gasteiger partial charge is 0.478 e. The number of carbonyl (C=O) groups is 1. The molecule has 1 heterocycles. The van der Waals surface area contributed by atoms with Gasteiger partial charge in [0, 0.05) is 24.6 Å². The summed E-state index contributed by atoms with van der Waals surface area (Å²) in [5.41, 5.74) is 1.61. The van der Waals surface area contributed by atoms with Crippen LogP contribution >= 0.6 is 34.2 Å². The number of aromatic carboxylic acids is 1. The normalized spacial score (nSPS) is 10.4. The van der Waals surface area contributed by atoms with Gasteiger partial charge in [-0.05, 0) is 52.4 Å².